The van der Waals surface area contributed by atoms with Crippen LogP contribution in [-0.2, 0) is 6.42 Å². The molecule has 4 heteroatoms. The van der Waals surface area contributed by atoms with E-state index in [0.29, 0.717) is 12.4 Å². The van der Waals surface area contributed by atoms with Gasteiger partial charge in [0.1, 0.15) is 5.75 Å². The number of para-hydroxylation sites is 1. The largest absolute Gasteiger partial charge is 0.439 e. The van der Waals surface area contributed by atoms with E-state index in [-0.39, 0.29) is 0 Å². The van der Waals surface area contributed by atoms with Gasteiger partial charge in [0.25, 0.3) is 0 Å². The molecule has 0 amide bonds. The number of hydrogen-bond donors (Lipinski definition) is 1. The number of ether oxygens (including phenoxy) is 1. The molecule has 1 aromatic heterocycles. The third-order valence-corrected chi connectivity index (χ3v) is 3.73. The summed E-state index contributed by atoms with van der Waals surface area (Å²) in [5, 5.41) is 1.10. The first-order chi connectivity index (χ1) is 10.3. The van der Waals surface area contributed by atoms with Crippen molar-refractivity contribution < 1.29 is 4.74 Å². The first-order valence-electron chi connectivity index (χ1n) is 6.78. The molecule has 0 unspecified atom stereocenters. The average Bonchev–Trinajstić information content (AvgIpc) is 2.50. The molecule has 3 nitrogen and oxygen atoms in total. The van der Waals surface area contributed by atoms with Crippen molar-refractivity contribution in [3.05, 3.63) is 64.6 Å². The summed E-state index contributed by atoms with van der Waals surface area (Å²) in [5.74, 6) is 1.39. The van der Waals surface area contributed by atoms with Crippen LogP contribution in [0.1, 0.15) is 5.56 Å². The van der Waals surface area contributed by atoms with Crippen molar-refractivity contribution >= 4 is 26.8 Å². The Kier molecular flexibility index (Phi) is 4.18. The number of halogens is 1. The Bertz CT molecular complexity index is 756. The molecule has 0 saturated heterocycles. The normalized spacial score (nSPS) is 10.8. The minimum absolute atomic E-state index is 0.566. The fourth-order valence-electron chi connectivity index (χ4n) is 2.18. The molecule has 106 valence electrons. The lowest BCUT2D eigenvalue weighted by Gasteiger charge is -2.11. The van der Waals surface area contributed by atoms with E-state index in [4.69, 9.17) is 10.5 Å². The topological polar surface area (TPSA) is 48.1 Å². The Labute approximate surface area is 131 Å². The van der Waals surface area contributed by atoms with Gasteiger partial charge < -0.3 is 10.5 Å². The molecule has 21 heavy (non-hydrogen) atoms. The van der Waals surface area contributed by atoms with E-state index < -0.39 is 0 Å². The minimum atomic E-state index is 0.566. The van der Waals surface area contributed by atoms with Crippen molar-refractivity contribution in [2.45, 2.75) is 6.42 Å². The van der Waals surface area contributed by atoms with Gasteiger partial charge in [0.15, 0.2) is 0 Å². The van der Waals surface area contributed by atoms with Crippen LogP contribution in [0.4, 0.5) is 0 Å². The van der Waals surface area contributed by atoms with Crippen molar-refractivity contribution in [2.24, 2.45) is 5.73 Å². The maximum atomic E-state index is 5.94. The van der Waals surface area contributed by atoms with Crippen LogP contribution in [0, 0.1) is 0 Å². The maximum Gasteiger partial charge on any atom is 0.223 e. The van der Waals surface area contributed by atoms with Gasteiger partial charge in [0.2, 0.25) is 5.88 Å². The lowest BCUT2D eigenvalue weighted by atomic mass is 10.1. The number of aromatic nitrogens is 1. The monoisotopic (exact) mass is 342 g/mol. The highest BCUT2D eigenvalue weighted by Gasteiger charge is 2.09. The van der Waals surface area contributed by atoms with E-state index in [1.165, 1.54) is 0 Å². The first-order valence-corrected chi connectivity index (χ1v) is 7.58. The number of rotatable bonds is 4. The Morgan fingerprint density at radius 3 is 2.57 bits per heavy atom. The molecule has 1 heterocycles. The molecule has 0 spiro atoms. The minimum Gasteiger partial charge on any atom is -0.439 e. The van der Waals surface area contributed by atoms with Crippen LogP contribution < -0.4 is 10.5 Å². The smallest absolute Gasteiger partial charge is 0.223 e. The van der Waals surface area contributed by atoms with Crippen LogP contribution in [0.5, 0.6) is 11.6 Å². The van der Waals surface area contributed by atoms with Crippen LogP contribution in [0.2, 0.25) is 0 Å². The molecule has 0 bridgehead atoms. The SMILES string of the molecule is NCCc1cc2ccccc2nc1Oc1ccc(Br)cc1. The molecule has 3 rings (SSSR count). The lowest BCUT2D eigenvalue weighted by Crippen LogP contribution is -2.05. The Hall–Kier alpha value is -1.91. The summed E-state index contributed by atoms with van der Waals surface area (Å²) in [7, 11) is 0. The van der Waals surface area contributed by atoms with Gasteiger partial charge in [-0.1, -0.05) is 34.1 Å². The zero-order chi connectivity index (χ0) is 14.7. The first kappa shape index (κ1) is 14.0. The van der Waals surface area contributed by atoms with E-state index in [2.05, 4.69) is 27.0 Å². The van der Waals surface area contributed by atoms with Gasteiger partial charge in [-0.3, -0.25) is 0 Å². The molecule has 0 aliphatic rings. The van der Waals surface area contributed by atoms with Gasteiger partial charge in [0.05, 0.1) is 5.52 Å². The molecule has 0 fully saturated rings. The molecule has 0 saturated carbocycles. The van der Waals surface area contributed by atoms with E-state index in [1.807, 2.05) is 48.5 Å². The summed E-state index contributed by atoms with van der Waals surface area (Å²) >= 11 is 3.42. The zero-order valence-corrected chi connectivity index (χ0v) is 13.0. The summed E-state index contributed by atoms with van der Waals surface area (Å²) in [4.78, 5) is 4.62. The summed E-state index contributed by atoms with van der Waals surface area (Å²) in [5.41, 5.74) is 7.65. The van der Waals surface area contributed by atoms with Gasteiger partial charge >= 0.3 is 0 Å². The Morgan fingerprint density at radius 1 is 1.05 bits per heavy atom. The fraction of sp³-hybridized carbons (Fsp3) is 0.118. The molecule has 0 aliphatic carbocycles. The zero-order valence-electron chi connectivity index (χ0n) is 11.4. The van der Waals surface area contributed by atoms with Gasteiger partial charge in [-0.05, 0) is 49.4 Å². The predicted molar refractivity (Wildman–Crippen MR) is 88.7 cm³/mol. The third-order valence-electron chi connectivity index (χ3n) is 3.21. The van der Waals surface area contributed by atoms with Crippen molar-refractivity contribution in [1.29, 1.82) is 0 Å². The number of benzene rings is 2. The molecule has 0 radical (unpaired) electrons. The van der Waals surface area contributed by atoms with Crippen LogP contribution in [0.25, 0.3) is 10.9 Å². The van der Waals surface area contributed by atoms with Crippen LogP contribution >= 0.6 is 15.9 Å². The van der Waals surface area contributed by atoms with Gasteiger partial charge in [0, 0.05) is 15.4 Å². The number of fused-ring (bicyclic) bond motifs is 1. The quantitative estimate of drug-likeness (QED) is 0.769. The van der Waals surface area contributed by atoms with E-state index in [0.717, 1.165) is 33.1 Å². The van der Waals surface area contributed by atoms with Gasteiger partial charge in [-0.25, -0.2) is 4.98 Å². The second kappa shape index (κ2) is 6.24. The van der Waals surface area contributed by atoms with Crippen molar-refractivity contribution in [1.82, 2.24) is 4.98 Å². The van der Waals surface area contributed by atoms with Crippen molar-refractivity contribution in [2.75, 3.05) is 6.54 Å². The molecular weight excluding hydrogens is 328 g/mol. The van der Waals surface area contributed by atoms with E-state index in [9.17, 15) is 0 Å². The average molecular weight is 343 g/mol. The van der Waals surface area contributed by atoms with Crippen LogP contribution in [0.3, 0.4) is 0 Å². The molecule has 2 N–H and O–H groups in total. The van der Waals surface area contributed by atoms with Crippen molar-refractivity contribution in [3.63, 3.8) is 0 Å². The molecule has 0 aliphatic heterocycles. The highest BCUT2D eigenvalue weighted by atomic mass is 79.9. The van der Waals surface area contributed by atoms with Gasteiger partial charge in [-0.2, -0.15) is 0 Å². The summed E-state index contributed by atoms with van der Waals surface area (Å²) in [6.07, 6.45) is 0.740. The maximum absolute atomic E-state index is 5.94. The Morgan fingerprint density at radius 2 is 1.81 bits per heavy atom. The second-order valence-electron chi connectivity index (χ2n) is 4.74. The lowest BCUT2D eigenvalue weighted by molar-refractivity contribution is 0.458. The molecule has 3 aromatic rings. The van der Waals surface area contributed by atoms with Gasteiger partial charge in [-0.15, -0.1) is 0 Å². The van der Waals surface area contributed by atoms with Crippen molar-refractivity contribution in [3.8, 4) is 11.6 Å². The number of pyridine rings is 1. The van der Waals surface area contributed by atoms with E-state index in [1.54, 1.807) is 0 Å². The summed E-state index contributed by atoms with van der Waals surface area (Å²) in [6, 6.07) is 17.8. The number of nitrogens with two attached hydrogens (primary N) is 1. The molecule has 0 atom stereocenters. The van der Waals surface area contributed by atoms with E-state index >= 15 is 0 Å². The highest BCUT2D eigenvalue weighted by Crippen LogP contribution is 2.28. The fourth-order valence-corrected chi connectivity index (χ4v) is 2.44. The Balaban J connectivity index is 2.02. The number of nitrogens with zero attached hydrogens (tertiary/aromatic N) is 1. The van der Waals surface area contributed by atoms with Crippen LogP contribution in [0.15, 0.2) is 59.1 Å². The predicted octanol–water partition coefficient (Wildman–Crippen LogP) is 4.29. The highest BCUT2D eigenvalue weighted by molar-refractivity contribution is 9.10. The summed E-state index contributed by atoms with van der Waals surface area (Å²) in [6.45, 7) is 0.566. The molecular formula is C17H15BrN2O. The third kappa shape index (κ3) is 3.23. The van der Waals surface area contributed by atoms with Crippen LogP contribution in [-0.4, -0.2) is 11.5 Å². The second-order valence-corrected chi connectivity index (χ2v) is 5.66. The number of hydrogen-bond acceptors (Lipinski definition) is 3. The molecule has 2 aromatic carbocycles. The summed E-state index contributed by atoms with van der Waals surface area (Å²) < 4.78 is 6.95. The standard InChI is InChI=1S/C17H15BrN2O/c18-14-5-7-15(8-6-14)21-17-13(9-10-19)11-12-3-1-2-4-16(12)20-17/h1-8,11H,9-10,19H2.